The SMILES string of the molecule is CC(C)COCCn1nnnc1-c1cc(N)ccc1F. The number of halogens is 1. The molecular formula is C13H18FN5O. The molecule has 0 amide bonds. The number of aromatic nitrogens is 4. The first kappa shape index (κ1) is 14.4. The van der Waals surface area contributed by atoms with Gasteiger partial charge in [0.05, 0.1) is 18.7 Å². The Labute approximate surface area is 116 Å². The highest BCUT2D eigenvalue weighted by molar-refractivity contribution is 5.61. The number of tetrazole rings is 1. The summed E-state index contributed by atoms with van der Waals surface area (Å²) in [5.41, 5.74) is 6.42. The van der Waals surface area contributed by atoms with Crippen LogP contribution in [0.4, 0.5) is 10.1 Å². The van der Waals surface area contributed by atoms with E-state index in [1.54, 1.807) is 0 Å². The average Bonchev–Trinajstić information content (AvgIpc) is 2.85. The fourth-order valence-electron chi connectivity index (χ4n) is 1.73. The second kappa shape index (κ2) is 6.42. The summed E-state index contributed by atoms with van der Waals surface area (Å²) in [7, 11) is 0. The third kappa shape index (κ3) is 3.51. The summed E-state index contributed by atoms with van der Waals surface area (Å²) in [5, 5.41) is 11.3. The molecule has 0 unspecified atom stereocenters. The van der Waals surface area contributed by atoms with E-state index in [-0.39, 0.29) is 0 Å². The van der Waals surface area contributed by atoms with Crippen molar-refractivity contribution in [2.45, 2.75) is 20.4 Å². The maximum Gasteiger partial charge on any atom is 0.185 e. The molecule has 0 fully saturated rings. The van der Waals surface area contributed by atoms with Gasteiger partial charge in [-0.25, -0.2) is 9.07 Å². The molecule has 0 saturated heterocycles. The van der Waals surface area contributed by atoms with E-state index in [2.05, 4.69) is 29.4 Å². The highest BCUT2D eigenvalue weighted by Crippen LogP contribution is 2.22. The summed E-state index contributed by atoms with van der Waals surface area (Å²) in [6.45, 7) is 5.75. The molecule has 0 aliphatic rings. The molecule has 1 heterocycles. The number of ether oxygens (including phenoxy) is 1. The van der Waals surface area contributed by atoms with E-state index in [9.17, 15) is 4.39 Å². The molecule has 0 spiro atoms. The zero-order valence-electron chi connectivity index (χ0n) is 11.6. The van der Waals surface area contributed by atoms with Gasteiger partial charge in [0.25, 0.3) is 0 Å². The van der Waals surface area contributed by atoms with Gasteiger partial charge in [0.1, 0.15) is 5.82 Å². The molecule has 0 aliphatic heterocycles. The van der Waals surface area contributed by atoms with Crippen LogP contribution in [0.2, 0.25) is 0 Å². The second-order valence-corrected chi connectivity index (χ2v) is 4.93. The average molecular weight is 279 g/mol. The fraction of sp³-hybridized carbons (Fsp3) is 0.462. The summed E-state index contributed by atoms with van der Waals surface area (Å²) in [5.74, 6) is 0.413. The predicted octanol–water partition coefficient (Wildman–Crippen LogP) is 1.73. The van der Waals surface area contributed by atoms with Crippen molar-refractivity contribution in [2.75, 3.05) is 18.9 Å². The summed E-state index contributed by atoms with van der Waals surface area (Å²) in [4.78, 5) is 0. The van der Waals surface area contributed by atoms with Crippen molar-refractivity contribution < 1.29 is 9.13 Å². The van der Waals surface area contributed by atoms with Crippen molar-refractivity contribution in [3.8, 4) is 11.4 Å². The summed E-state index contributed by atoms with van der Waals surface area (Å²) in [6.07, 6.45) is 0. The molecule has 1 aromatic carbocycles. The maximum absolute atomic E-state index is 13.8. The van der Waals surface area contributed by atoms with Crippen molar-refractivity contribution in [3.63, 3.8) is 0 Å². The lowest BCUT2D eigenvalue weighted by Gasteiger charge is -2.08. The lowest BCUT2D eigenvalue weighted by molar-refractivity contribution is 0.101. The second-order valence-electron chi connectivity index (χ2n) is 4.93. The molecule has 20 heavy (non-hydrogen) atoms. The van der Waals surface area contributed by atoms with Crippen molar-refractivity contribution in [1.29, 1.82) is 0 Å². The molecule has 2 aromatic rings. The first-order valence-corrected chi connectivity index (χ1v) is 6.47. The number of anilines is 1. The minimum Gasteiger partial charge on any atom is -0.399 e. The highest BCUT2D eigenvalue weighted by Gasteiger charge is 2.13. The van der Waals surface area contributed by atoms with Crippen LogP contribution in [-0.2, 0) is 11.3 Å². The van der Waals surface area contributed by atoms with Gasteiger partial charge in [-0.2, -0.15) is 0 Å². The van der Waals surface area contributed by atoms with Gasteiger partial charge < -0.3 is 10.5 Å². The largest absolute Gasteiger partial charge is 0.399 e. The third-order valence-electron chi connectivity index (χ3n) is 2.66. The number of hydrogen-bond acceptors (Lipinski definition) is 5. The molecule has 2 rings (SSSR count). The topological polar surface area (TPSA) is 78.8 Å². The smallest absolute Gasteiger partial charge is 0.185 e. The highest BCUT2D eigenvalue weighted by atomic mass is 19.1. The van der Waals surface area contributed by atoms with Crippen LogP contribution in [0.1, 0.15) is 13.8 Å². The molecule has 0 saturated carbocycles. The van der Waals surface area contributed by atoms with E-state index >= 15 is 0 Å². The van der Waals surface area contributed by atoms with Crippen LogP contribution in [0.5, 0.6) is 0 Å². The van der Waals surface area contributed by atoms with Crippen LogP contribution < -0.4 is 5.73 Å². The van der Waals surface area contributed by atoms with Crippen molar-refractivity contribution in [1.82, 2.24) is 20.2 Å². The summed E-state index contributed by atoms with van der Waals surface area (Å²) < 4.78 is 20.8. The van der Waals surface area contributed by atoms with E-state index in [1.165, 1.54) is 22.9 Å². The molecule has 6 nitrogen and oxygen atoms in total. The van der Waals surface area contributed by atoms with E-state index < -0.39 is 5.82 Å². The Bertz CT molecular complexity index is 570. The molecule has 0 atom stereocenters. The Morgan fingerprint density at radius 2 is 2.20 bits per heavy atom. The van der Waals surface area contributed by atoms with Crippen LogP contribution in [0.15, 0.2) is 18.2 Å². The molecule has 108 valence electrons. The summed E-state index contributed by atoms with van der Waals surface area (Å²) >= 11 is 0. The first-order chi connectivity index (χ1) is 9.58. The van der Waals surface area contributed by atoms with Gasteiger partial charge in [-0.3, -0.25) is 0 Å². The standard InChI is InChI=1S/C13H18FN5O/c1-9(2)8-20-6-5-19-13(16-17-18-19)11-7-10(15)3-4-12(11)14/h3-4,7,9H,5-6,8,15H2,1-2H3. The number of nitrogens with zero attached hydrogens (tertiary/aromatic N) is 4. The van der Waals surface area contributed by atoms with Gasteiger partial charge in [-0.15, -0.1) is 5.10 Å². The fourth-order valence-corrected chi connectivity index (χ4v) is 1.73. The number of rotatable bonds is 6. The lowest BCUT2D eigenvalue weighted by Crippen LogP contribution is -2.12. The number of nitrogen functional groups attached to an aromatic ring is 1. The quantitative estimate of drug-likeness (QED) is 0.643. The molecule has 2 N–H and O–H groups in total. The van der Waals surface area contributed by atoms with Crippen LogP contribution in [-0.4, -0.2) is 33.4 Å². The summed E-state index contributed by atoms with van der Waals surface area (Å²) in [6, 6.07) is 4.32. The van der Waals surface area contributed by atoms with Crippen LogP contribution in [0.25, 0.3) is 11.4 Å². The Morgan fingerprint density at radius 1 is 1.40 bits per heavy atom. The maximum atomic E-state index is 13.8. The molecule has 0 bridgehead atoms. The Balaban J connectivity index is 2.10. The molecule has 0 aliphatic carbocycles. The normalized spacial score (nSPS) is 11.2. The Morgan fingerprint density at radius 3 is 2.95 bits per heavy atom. The van der Waals surface area contributed by atoms with Crippen molar-refractivity contribution >= 4 is 5.69 Å². The van der Waals surface area contributed by atoms with E-state index in [4.69, 9.17) is 10.5 Å². The number of benzene rings is 1. The van der Waals surface area contributed by atoms with Gasteiger partial charge in [-0.05, 0) is 34.5 Å². The zero-order chi connectivity index (χ0) is 14.5. The van der Waals surface area contributed by atoms with Crippen LogP contribution in [0, 0.1) is 11.7 Å². The minimum absolute atomic E-state index is 0.291. The monoisotopic (exact) mass is 279 g/mol. The van der Waals surface area contributed by atoms with Gasteiger partial charge >= 0.3 is 0 Å². The van der Waals surface area contributed by atoms with Gasteiger partial charge in [0, 0.05) is 12.3 Å². The van der Waals surface area contributed by atoms with Crippen molar-refractivity contribution in [3.05, 3.63) is 24.0 Å². The van der Waals surface area contributed by atoms with E-state index in [0.29, 0.717) is 42.8 Å². The molecule has 0 radical (unpaired) electrons. The van der Waals surface area contributed by atoms with E-state index in [1.807, 2.05) is 0 Å². The van der Waals surface area contributed by atoms with Crippen LogP contribution in [0.3, 0.4) is 0 Å². The molecular weight excluding hydrogens is 261 g/mol. The molecule has 1 aromatic heterocycles. The van der Waals surface area contributed by atoms with Crippen molar-refractivity contribution in [2.24, 2.45) is 5.92 Å². The van der Waals surface area contributed by atoms with Gasteiger partial charge in [0.2, 0.25) is 0 Å². The van der Waals surface area contributed by atoms with Gasteiger partial charge in [0.15, 0.2) is 5.82 Å². The van der Waals surface area contributed by atoms with Crippen LogP contribution >= 0.6 is 0 Å². The number of nitrogens with two attached hydrogens (primary N) is 1. The Kier molecular flexibility index (Phi) is 4.62. The van der Waals surface area contributed by atoms with E-state index in [0.717, 1.165) is 0 Å². The third-order valence-corrected chi connectivity index (χ3v) is 2.66. The Hall–Kier alpha value is -2.02. The number of hydrogen-bond donors (Lipinski definition) is 1. The van der Waals surface area contributed by atoms with Gasteiger partial charge in [-0.1, -0.05) is 13.8 Å². The first-order valence-electron chi connectivity index (χ1n) is 6.47. The zero-order valence-corrected chi connectivity index (χ0v) is 11.6. The molecule has 7 heteroatoms. The predicted molar refractivity (Wildman–Crippen MR) is 73.3 cm³/mol. The lowest BCUT2D eigenvalue weighted by atomic mass is 10.2. The minimum atomic E-state index is -0.404.